The van der Waals surface area contributed by atoms with E-state index in [0.717, 1.165) is 6.07 Å². The lowest BCUT2D eigenvalue weighted by Crippen LogP contribution is -2.42. The minimum absolute atomic E-state index is 0.120. The highest BCUT2D eigenvalue weighted by molar-refractivity contribution is 5.80. The molecule has 1 aromatic carbocycles. The second-order valence-electron chi connectivity index (χ2n) is 3.25. The largest absolute Gasteiger partial charge is 0.480 e. The molecule has 0 heterocycles. The van der Waals surface area contributed by atoms with Crippen molar-refractivity contribution in [1.29, 1.82) is 0 Å². The Morgan fingerprint density at radius 3 is 2.64 bits per heavy atom. The first-order valence-electron chi connectivity index (χ1n) is 3.93. The molecule has 1 atom stereocenters. The van der Waals surface area contributed by atoms with Crippen molar-refractivity contribution in [3.05, 3.63) is 29.6 Å². The maximum Gasteiger partial charge on any atom is 0.328 e. The number of halogens is 1. The molecule has 0 aliphatic rings. The monoisotopic (exact) mass is 198 g/mol. The number of carbonyl (C=O) groups is 1. The molecule has 0 unspecified atom stereocenters. The van der Waals surface area contributed by atoms with Gasteiger partial charge in [-0.1, -0.05) is 0 Å². The van der Waals surface area contributed by atoms with Crippen LogP contribution in [0.25, 0.3) is 0 Å². The minimum Gasteiger partial charge on any atom is -0.480 e. The first kappa shape index (κ1) is 10.5. The van der Waals surface area contributed by atoms with E-state index < -0.39 is 17.3 Å². The number of carboxylic acid groups (broad SMARTS) is 1. The minimum atomic E-state index is -1.76. The number of hydrogen-bond donors (Lipinski definition) is 3. The molecular formula is C9H11FN2O2. The normalized spacial score (nSPS) is 14.8. The molecule has 0 aromatic heterocycles. The number of aliphatic carboxylic acids is 1. The lowest BCUT2D eigenvalue weighted by atomic mass is 9.92. The zero-order valence-corrected chi connectivity index (χ0v) is 7.62. The molecule has 0 saturated heterocycles. The topological polar surface area (TPSA) is 89.3 Å². The molecule has 0 bridgehead atoms. The van der Waals surface area contributed by atoms with Crippen molar-refractivity contribution in [3.63, 3.8) is 0 Å². The molecule has 5 heteroatoms. The zero-order chi connectivity index (χ0) is 10.9. The fourth-order valence-electron chi connectivity index (χ4n) is 1.06. The maximum absolute atomic E-state index is 13.2. The fourth-order valence-corrected chi connectivity index (χ4v) is 1.06. The van der Waals surface area contributed by atoms with E-state index in [9.17, 15) is 9.18 Å². The van der Waals surface area contributed by atoms with Crippen LogP contribution >= 0.6 is 0 Å². The summed E-state index contributed by atoms with van der Waals surface area (Å²) in [7, 11) is 0. The highest BCUT2D eigenvalue weighted by Crippen LogP contribution is 2.23. The summed E-state index contributed by atoms with van der Waals surface area (Å²) in [5, 5.41) is 8.78. The smallest absolute Gasteiger partial charge is 0.328 e. The van der Waals surface area contributed by atoms with Crippen LogP contribution in [0, 0.1) is 5.82 Å². The number of nitrogen functional groups attached to an aromatic ring is 1. The average Bonchev–Trinajstić information content (AvgIpc) is 2.08. The molecule has 1 aromatic rings. The molecular weight excluding hydrogens is 187 g/mol. The molecule has 5 N–H and O–H groups in total. The Labute approximate surface area is 80.3 Å². The Kier molecular flexibility index (Phi) is 2.44. The molecule has 0 aliphatic heterocycles. The number of benzene rings is 1. The van der Waals surface area contributed by atoms with E-state index in [-0.39, 0.29) is 11.3 Å². The standard InChI is InChI=1S/C9H11FN2O2/c1-9(12,8(13)14)6-4-5(11)2-3-7(6)10/h2-4H,11-12H2,1H3,(H,13,14)/t9-/m0/s1. The zero-order valence-electron chi connectivity index (χ0n) is 7.62. The van der Waals surface area contributed by atoms with E-state index in [1.54, 1.807) is 0 Å². The third kappa shape index (κ3) is 1.67. The van der Waals surface area contributed by atoms with E-state index in [2.05, 4.69) is 0 Å². The lowest BCUT2D eigenvalue weighted by Gasteiger charge is -2.20. The number of nitrogens with two attached hydrogens (primary N) is 2. The van der Waals surface area contributed by atoms with E-state index in [0.29, 0.717) is 0 Å². The van der Waals surface area contributed by atoms with Crippen molar-refractivity contribution in [2.75, 3.05) is 5.73 Å². The van der Waals surface area contributed by atoms with Gasteiger partial charge in [-0.05, 0) is 25.1 Å². The fraction of sp³-hybridized carbons (Fsp3) is 0.222. The van der Waals surface area contributed by atoms with Gasteiger partial charge >= 0.3 is 5.97 Å². The van der Waals surface area contributed by atoms with E-state index in [1.165, 1.54) is 19.1 Å². The van der Waals surface area contributed by atoms with Gasteiger partial charge in [-0.3, -0.25) is 0 Å². The molecule has 76 valence electrons. The SMILES string of the molecule is C[C@@](N)(C(=O)O)c1cc(N)ccc1F. The molecule has 0 fully saturated rings. The van der Waals surface area contributed by atoms with Crippen LogP contribution in [0.4, 0.5) is 10.1 Å². The van der Waals surface area contributed by atoms with Gasteiger partial charge in [-0.2, -0.15) is 0 Å². The van der Waals surface area contributed by atoms with E-state index >= 15 is 0 Å². The Bertz CT molecular complexity index is 377. The van der Waals surface area contributed by atoms with Gasteiger partial charge in [0, 0.05) is 11.3 Å². The summed E-state index contributed by atoms with van der Waals surface area (Å²) in [5.74, 6) is -1.98. The van der Waals surface area contributed by atoms with Crippen molar-refractivity contribution >= 4 is 11.7 Å². The van der Waals surface area contributed by atoms with Crippen molar-refractivity contribution in [3.8, 4) is 0 Å². The highest BCUT2D eigenvalue weighted by atomic mass is 19.1. The van der Waals surface area contributed by atoms with Gasteiger partial charge < -0.3 is 16.6 Å². The number of hydrogen-bond acceptors (Lipinski definition) is 3. The maximum atomic E-state index is 13.2. The summed E-state index contributed by atoms with van der Waals surface area (Å²) in [4.78, 5) is 10.8. The first-order chi connectivity index (χ1) is 6.35. The molecule has 0 saturated carbocycles. The predicted octanol–water partition coefficient (Wildman–Crippen LogP) is 0.666. The van der Waals surface area contributed by atoms with Gasteiger partial charge in [0.1, 0.15) is 11.4 Å². The van der Waals surface area contributed by atoms with Gasteiger partial charge in [-0.15, -0.1) is 0 Å². The highest BCUT2D eigenvalue weighted by Gasteiger charge is 2.33. The molecule has 1 rings (SSSR count). The second kappa shape index (κ2) is 3.26. The van der Waals surface area contributed by atoms with Crippen LogP contribution in [0.5, 0.6) is 0 Å². The van der Waals surface area contributed by atoms with Crippen LogP contribution in [0.3, 0.4) is 0 Å². The number of anilines is 1. The average molecular weight is 198 g/mol. The van der Waals surface area contributed by atoms with Crippen LogP contribution in [-0.2, 0) is 10.3 Å². The number of rotatable bonds is 2. The predicted molar refractivity (Wildman–Crippen MR) is 50.0 cm³/mol. The third-order valence-electron chi connectivity index (χ3n) is 1.99. The summed E-state index contributed by atoms with van der Waals surface area (Å²) in [6.45, 7) is 1.22. The Balaban J connectivity index is 3.31. The van der Waals surface area contributed by atoms with Gasteiger partial charge in [0.25, 0.3) is 0 Å². The lowest BCUT2D eigenvalue weighted by molar-refractivity contribution is -0.143. The Morgan fingerprint density at radius 2 is 2.14 bits per heavy atom. The summed E-state index contributed by atoms with van der Waals surface area (Å²) in [6, 6.07) is 3.67. The van der Waals surface area contributed by atoms with Crippen LogP contribution in [0.2, 0.25) is 0 Å². The Morgan fingerprint density at radius 1 is 1.57 bits per heavy atom. The van der Waals surface area contributed by atoms with E-state index in [4.69, 9.17) is 16.6 Å². The summed E-state index contributed by atoms with van der Waals surface area (Å²) in [5.41, 5.74) is 9.26. The quantitative estimate of drug-likeness (QED) is 0.609. The molecule has 0 amide bonds. The van der Waals surface area contributed by atoms with E-state index in [1.807, 2.05) is 0 Å². The van der Waals surface area contributed by atoms with Crippen molar-refractivity contribution in [1.82, 2.24) is 0 Å². The van der Waals surface area contributed by atoms with Crippen molar-refractivity contribution < 1.29 is 14.3 Å². The molecule has 0 radical (unpaired) electrons. The number of carboxylic acids is 1. The van der Waals surface area contributed by atoms with Gasteiger partial charge in [0.2, 0.25) is 0 Å². The molecule has 0 aliphatic carbocycles. The summed E-state index contributed by atoms with van der Waals surface area (Å²) >= 11 is 0. The van der Waals surface area contributed by atoms with Crippen LogP contribution in [-0.4, -0.2) is 11.1 Å². The van der Waals surface area contributed by atoms with Crippen LogP contribution in [0.1, 0.15) is 12.5 Å². The van der Waals surface area contributed by atoms with Gasteiger partial charge in [-0.25, -0.2) is 9.18 Å². The molecule has 14 heavy (non-hydrogen) atoms. The summed E-state index contributed by atoms with van der Waals surface area (Å²) in [6.07, 6.45) is 0. The van der Waals surface area contributed by atoms with Crippen LogP contribution in [0.15, 0.2) is 18.2 Å². The van der Waals surface area contributed by atoms with Crippen molar-refractivity contribution in [2.24, 2.45) is 5.73 Å². The van der Waals surface area contributed by atoms with Gasteiger partial charge in [0.05, 0.1) is 0 Å². The molecule has 4 nitrogen and oxygen atoms in total. The summed E-state index contributed by atoms with van der Waals surface area (Å²) < 4.78 is 13.2. The molecule has 0 spiro atoms. The first-order valence-corrected chi connectivity index (χ1v) is 3.93. The van der Waals surface area contributed by atoms with Crippen molar-refractivity contribution in [2.45, 2.75) is 12.5 Å². The third-order valence-corrected chi connectivity index (χ3v) is 1.99. The van der Waals surface area contributed by atoms with Gasteiger partial charge in [0.15, 0.2) is 0 Å². The second-order valence-corrected chi connectivity index (χ2v) is 3.25. The Hall–Kier alpha value is -1.62. The van der Waals surface area contributed by atoms with Crippen LogP contribution < -0.4 is 11.5 Å².